The standard InChI is InChI=1S/C45H51N5O9/c1-3-59-36-26-29(18-20-35(36)58-2)27-49-42(54)30-13-10-15-32(39(30)44(49)56)46-37(51)17-9-7-5-4-6-8-12-28-22-24-48(25-23-28)33-16-11-14-31-40(33)45(57)50(43(31)55)34-19-21-38(52)47-41(34)53/h10-11,13-16,18,20,26,28,34H,3-9,12,17,19,21-25,27H2,1-2H3,(H,46,51)(H,47,52,53). The molecule has 2 fully saturated rings. The van der Waals surface area contributed by atoms with Crippen LogP contribution < -0.4 is 25.0 Å². The second-order valence-electron chi connectivity index (χ2n) is 15.6. The number of nitrogens with zero attached hydrogens (tertiary/aromatic N) is 3. The number of benzene rings is 3. The van der Waals surface area contributed by atoms with E-state index in [1.165, 1.54) is 4.90 Å². The van der Waals surface area contributed by atoms with Crippen LogP contribution in [0.4, 0.5) is 11.4 Å². The molecule has 2 N–H and O–H groups in total. The third-order valence-electron chi connectivity index (χ3n) is 11.8. The lowest BCUT2D eigenvalue weighted by Crippen LogP contribution is -2.54. The summed E-state index contributed by atoms with van der Waals surface area (Å²) in [6, 6.07) is 14.5. The van der Waals surface area contributed by atoms with Crippen molar-refractivity contribution in [3.63, 3.8) is 0 Å². The van der Waals surface area contributed by atoms with Gasteiger partial charge in [-0.25, -0.2) is 0 Å². The van der Waals surface area contributed by atoms with E-state index in [0.717, 1.165) is 81.5 Å². The number of nitrogens with one attached hydrogen (secondary N) is 2. The molecule has 14 nitrogen and oxygen atoms in total. The van der Waals surface area contributed by atoms with Gasteiger partial charge in [-0.05, 0) is 80.5 Å². The van der Waals surface area contributed by atoms with Crippen LogP contribution >= 0.6 is 0 Å². The maximum atomic E-state index is 13.6. The summed E-state index contributed by atoms with van der Waals surface area (Å²) in [5, 5.41) is 5.13. The average Bonchev–Trinajstić information content (AvgIpc) is 3.63. The molecule has 1 atom stereocenters. The lowest BCUT2D eigenvalue weighted by Gasteiger charge is -2.34. The van der Waals surface area contributed by atoms with Crippen molar-refractivity contribution in [3.05, 3.63) is 82.4 Å². The molecule has 0 aromatic heterocycles. The van der Waals surface area contributed by atoms with Crippen LogP contribution in [0.15, 0.2) is 54.6 Å². The number of amides is 7. The topological polar surface area (TPSA) is 172 Å². The summed E-state index contributed by atoms with van der Waals surface area (Å²) in [6.07, 6.45) is 9.59. The summed E-state index contributed by atoms with van der Waals surface area (Å²) >= 11 is 0. The van der Waals surface area contributed by atoms with Crippen LogP contribution in [-0.2, 0) is 20.9 Å². The predicted molar refractivity (Wildman–Crippen MR) is 218 cm³/mol. The Balaban J connectivity index is 0.801. The van der Waals surface area contributed by atoms with E-state index in [1.54, 1.807) is 55.6 Å². The molecule has 0 saturated carbocycles. The lowest BCUT2D eigenvalue weighted by molar-refractivity contribution is -0.136. The molecule has 1 unspecified atom stereocenters. The number of hydrogen-bond acceptors (Lipinski definition) is 10. The number of ether oxygens (including phenoxy) is 2. The van der Waals surface area contributed by atoms with Gasteiger partial charge in [-0.15, -0.1) is 0 Å². The van der Waals surface area contributed by atoms with Gasteiger partial charge < -0.3 is 19.7 Å². The molecule has 7 amide bonds. The van der Waals surface area contributed by atoms with Crippen molar-refractivity contribution < 1.29 is 43.0 Å². The van der Waals surface area contributed by atoms with Gasteiger partial charge in [0, 0.05) is 25.9 Å². The van der Waals surface area contributed by atoms with E-state index in [0.29, 0.717) is 52.8 Å². The van der Waals surface area contributed by atoms with Gasteiger partial charge in [0.15, 0.2) is 11.5 Å². The minimum Gasteiger partial charge on any atom is -0.493 e. The quantitative estimate of drug-likeness (QED) is 0.117. The zero-order valence-corrected chi connectivity index (χ0v) is 33.7. The van der Waals surface area contributed by atoms with Gasteiger partial charge >= 0.3 is 0 Å². The second kappa shape index (κ2) is 18.3. The summed E-state index contributed by atoms with van der Waals surface area (Å²) in [6.45, 7) is 3.91. The van der Waals surface area contributed by atoms with Crippen molar-refractivity contribution in [3.8, 4) is 11.5 Å². The minimum atomic E-state index is -0.984. The predicted octanol–water partition coefficient (Wildman–Crippen LogP) is 6.27. The Bertz CT molecular complexity index is 2160. The minimum absolute atomic E-state index is 0.0576. The maximum Gasteiger partial charge on any atom is 0.264 e. The summed E-state index contributed by atoms with van der Waals surface area (Å²) < 4.78 is 11.0. The molecule has 0 radical (unpaired) electrons. The smallest absolute Gasteiger partial charge is 0.264 e. The average molecular weight is 806 g/mol. The fraction of sp³-hybridized carbons (Fsp3) is 0.444. The van der Waals surface area contributed by atoms with E-state index >= 15 is 0 Å². The monoisotopic (exact) mass is 805 g/mol. The van der Waals surface area contributed by atoms with E-state index in [2.05, 4.69) is 15.5 Å². The first-order valence-electron chi connectivity index (χ1n) is 20.8. The number of carbonyl (C=O) groups excluding carboxylic acids is 7. The number of rotatable bonds is 17. The molecule has 0 bridgehead atoms. The van der Waals surface area contributed by atoms with Gasteiger partial charge in [0.05, 0.1) is 53.9 Å². The van der Waals surface area contributed by atoms with Gasteiger partial charge in [-0.1, -0.05) is 56.7 Å². The first kappa shape index (κ1) is 41.1. The molecule has 0 spiro atoms. The fourth-order valence-corrected chi connectivity index (χ4v) is 8.71. The Labute approximate surface area is 343 Å². The van der Waals surface area contributed by atoms with Crippen LogP contribution in [0.5, 0.6) is 11.5 Å². The first-order chi connectivity index (χ1) is 28.6. The Hall–Kier alpha value is -6.05. The lowest BCUT2D eigenvalue weighted by atomic mass is 9.90. The molecule has 4 heterocycles. The molecular formula is C45H51N5O9. The van der Waals surface area contributed by atoms with Crippen molar-refractivity contribution in [2.75, 3.05) is 37.0 Å². The van der Waals surface area contributed by atoms with Gasteiger partial charge in [0.25, 0.3) is 23.6 Å². The van der Waals surface area contributed by atoms with E-state index in [9.17, 15) is 33.6 Å². The number of carbonyl (C=O) groups is 7. The summed E-state index contributed by atoms with van der Waals surface area (Å²) in [5.74, 6) is -1.35. The molecule has 3 aromatic rings. The third kappa shape index (κ3) is 8.72. The molecule has 3 aromatic carbocycles. The molecular weight excluding hydrogens is 755 g/mol. The normalized spacial score (nSPS) is 18.0. The van der Waals surface area contributed by atoms with E-state index in [1.807, 2.05) is 13.0 Å². The van der Waals surface area contributed by atoms with Crippen molar-refractivity contribution >= 4 is 52.7 Å². The van der Waals surface area contributed by atoms with Gasteiger partial charge in [0.2, 0.25) is 17.7 Å². The van der Waals surface area contributed by atoms with E-state index in [-0.39, 0.29) is 36.4 Å². The Morgan fingerprint density at radius 3 is 2.22 bits per heavy atom. The number of methoxy groups -OCH3 is 1. The van der Waals surface area contributed by atoms with Crippen molar-refractivity contribution in [1.82, 2.24) is 15.1 Å². The zero-order valence-electron chi connectivity index (χ0n) is 33.7. The molecule has 7 rings (SSSR count). The highest BCUT2D eigenvalue weighted by Gasteiger charge is 2.46. The largest absolute Gasteiger partial charge is 0.493 e. The van der Waals surface area contributed by atoms with E-state index < -0.39 is 41.5 Å². The molecule has 4 aliphatic heterocycles. The first-order valence-corrected chi connectivity index (χ1v) is 20.8. The molecule has 4 aliphatic rings. The van der Waals surface area contributed by atoms with Crippen LogP contribution in [0.1, 0.15) is 131 Å². The number of hydrogen-bond donors (Lipinski definition) is 2. The Kier molecular flexibility index (Phi) is 12.7. The highest BCUT2D eigenvalue weighted by atomic mass is 16.5. The third-order valence-corrected chi connectivity index (χ3v) is 11.8. The number of imide groups is 3. The summed E-state index contributed by atoms with van der Waals surface area (Å²) in [4.78, 5) is 95.1. The summed E-state index contributed by atoms with van der Waals surface area (Å²) in [5.41, 5.74) is 2.91. The highest BCUT2D eigenvalue weighted by molar-refractivity contribution is 6.26. The molecule has 2 saturated heterocycles. The van der Waals surface area contributed by atoms with Crippen molar-refractivity contribution in [2.45, 2.75) is 96.6 Å². The number of piperidine rings is 2. The number of anilines is 2. The van der Waals surface area contributed by atoms with Gasteiger partial charge in [-0.2, -0.15) is 0 Å². The van der Waals surface area contributed by atoms with E-state index in [4.69, 9.17) is 9.47 Å². The van der Waals surface area contributed by atoms with Crippen molar-refractivity contribution in [1.29, 1.82) is 0 Å². The van der Waals surface area contributed by atoms with Crippen LogP contribution in [0, 0.1) is 5.92 Å². The molecule has 14 heteroatoms. The molecule has 59 heavy (non-hydrogen) atoms. The maximum absolute atomic E-state index is 13.6. The second-order valence-corrected chi connectivity index (χ2v) is 15.6. The zero-order chi connectivity index (χ0) is 41.6. The summed E-state index contributed by atoms with van der Waals surface area (Å²) in [7, 11) is 1.55. The van der Waals surface area contributed by atoms with Crippen LogP contribution in [-0.4, -0.2) is 84.0 Å². The van der Waals surface area contributed by atoms with Crippen LogP contribution in [0.3, 0.4) is 0 Å². The van der Waals surface area contributed by atoms with Crippen molar-refractivity contribution in [2.24, 2.45) is 5.92 Å². The van der Waals surface area contributed by atoms with Gasteiger partial charge in [0.1, 0.15) is 6.04 Å². The SMILES string of the molecule is CCOc1cc(CN2C(=O)c3cccc(NC(=O)CCCCCCCCC4CCN(c5cccc6c5C(=O)N(C5CCC(=O)NC5=O)C6=O)CC4)c3C2=O)ccc1OC. The highest BCUT2D eigenvalue weighted by Crippen LogP contribution is 2.37. The Morgan fingerprint density at radius 2 is 1.49 bits per heavy atom. The molecule has 310 valence electrons. The van der Waals surface area contributed by atoms with Gasteiger partial charge in [-0.3, -0.25) is 48.7 Å². The Morgan fingerprint density at radius 1 is 0.780 bits per heavy atom. The van der Waals surface area contributed by atoms with Crippen LogP contribution in [0.25, 0.3) is 0 Å². The number of fused-ring (bicyclic) bond motifs is 2. The fourth-order valence-electron chi connectivity index (χ4n) is 8.71. The molecule has 0 aliphatic carbocycles. The number of unbranched alkanes of at least 4 members (excludes halogenated alkanes) is 5. The van der Waals surface area contributed by atoms with Crippen LogP contribution in [0.2, 0.25) is 0 Å².